The number of nitrogens with one attached hydrogen (secondary N) is 1. The van der Waals surface area contributed by atoms with Crippen molar-refractivity contribution < 1.29 is 23.1 Å². The van der Waals surface area contributed by atoms with Gasteiger partial charge in [0.15, 0.2) is 0 Å². The third kappa shape index (κ3) is 5.17. The maximum atomic E-state index is 13.3. The standard InChI is InChI=1S/C23H21F3N6O2/c1-3-15(12-27)7-8-16(9-10-33)20-19(13-28)14(2)31(21(29)32(20)22(30)34)18-6-4-5-17(11-18)23(24,25)26/h3-8,11,20,29,33H,1,9-10H2,2H3,(H2,30,34)/b15-7+,16-8+,29-21?/t20-/m1/s1. The molecule has 0 spiro atoms. The summed E-state index contributed by atoms with van der Waals surface area (Å²) in [6.07, 6.45) is -0.638. The average Bonchev–Trinajstić information content (AvgIpc) is 2.78. The van der Waals surface area contributed by atoms with E-state index < -0.39 is 29.8 Å². The second kappa shape index (κ2) is 10.5. The second-order valence-corrected chi connectivity index (χ2v) is 7.08. The van der Waals surface area contributed by atoms with Crippen LogP contribution in [0.1, 0.15) is 18.9 Å². The van der Waals surface area contributed by atoms with Crippen LogP contribution in [0.3, 0.4) is 0 Å². The Morgan fingerprint density at radius 1 is 1.35 bits per heavy atom. The second-order valence-electron chi connectivity index (χ2n) is 7.08. The molecular weight excluding hydrogens is 449 g/mol. The van der Waals surface area contributed by atoms with Crippen LogP contribution in [0.2, 0.25) is 0 Å². The van der Waals surface area contributed by atoms with E-state index in [0.29, 0.717) is 0 Å². The lowest BCUT2D eigenvalue weighted by Crippen LogP contribution is -2.58. The summed E-state index contributed by atoms with van der Waals surface area (Å²) in [5.41, 5.74) is 4.93. The number of allylic oxidation sites excluding steroid dienone is 5. The maximum Gasteiger partial charge on any atom is 0.416 e. The summed E-state index contributed by atoms with van der Waals surface area (Å²) < 4.78 is 39.8. The van der Waals surface area contributed by atoms with E-state index in [1.165, 1.54) is 31.2 Å². The van der Waals surface area contributed by atoms with Crippen molar-refractivity contribution in [1.29, 1.82) is 15.9 Å². The van der Waals surface area contributed by atoms with Gasteiger partial charge in [0, 0.05) is 18.0 Å². The van der Waals surface area contributed by atoms with Gasteiger partial charge in [0.2, 0.25) is 5.96 Å². The number of guanidine groups is 1. The zero-order valence-corrected chi connectivity index (χ0v) is 18.1. The third-order valence-corrected chi connectivity index (χ3v) is 5.06. The molecule has 34 heavy (non-hydrogen) atoms. The van der Waals surface area contributed by atoms with Crippen molar-refractivity contribution in [3.8, 4) is 12.1 Å². The molecular formula is C23H21F3N6O2. The van der Waals surface area contributed by atoms with E-state index in [1.807, 2.05) is 12.1 Å². The monoisotopic (exact) mass is 470 g/mol. The summed E-state index contributed by atoms with van der Waals surface area (Å²) in [7, 11) is 0. The Morgan fingerprint density at radius 3 is 2.53 bits per heavy atom. The number of rotatable bonds is 6. The smallest absolute Gasteiger partial charge is 0.396 e. The van der Waals surface area contributed by atoms with Crippen LogP contribution in [0.5, 0.6) is 0 Å². The number of amides is 2. The van der Waals surface area contributed by atoms with Crippen molar-refractivity contribution in [2.75, 3.05) is 11.5 Å². The molecule has 11 heteroatoms. The number of aliphatic hydroxyl groups is 1. The molecule has 1 aromatic carbocycles. The first kappa shape index (κ1) is 25.9. The number of aliphatic hydroxyl groups excluding tert-OH is 1. The number of carbonyl (C=O) groups excluding carboxylic acids is 1. The minimum absolute atomic E-state index is 0.0455. The topological polar surface area (TPSA) is 141 Å². The molecule has 2 rings (SSSR count). The average molecular weight is 470 g/mol. The molecule has 0 radical (unpaired) electrons. The summed E-state index contributed by atoms with van der Waals surface area (Å²) in [5, 5.41) is 37.2. The fourth-order valence-corrected chi connectivity index (χ4v) is 3.49. The molecule has 1 aromatic rings. The van der Waals surface area contributed by atoms with Gasteiger partial charge in [-0.25, -0.2) is 4.79 Å². The van der Waals surface area contributed by atoms with Gasteiger partial charge in [0.1, 0.15) is 0 Å². The van der Waals surface area contributed by atoms with Gasteiger partial charge >= 0.3 is 12.2 Å². The summed E-state index contributed by atoms with van der Waals surface area (Å²) >= 11 is 0. The van der Waals surface area contributed by atoms with E-state index in [-0.39, 0.29) is 41.1 Å². The molecule has 2 amide bonds. The van der Waals surface area contributed by atoms with Crippen LogP contribution in [0.4, 0.5) is 23.7 Å². The van der Waals surface area contributed by atoms with Crippen LogP contribution in [0.15, 0.2) is 71.5 Å². The van der Waals surface area contributed by atoms with Gasteiger partial charge in [0.25, 0.3) is 0 Å². The molecule has 0 unspecified atom stereocenters. The Bertz CT molecular complexity index is 1180. The fraction of sp³-hybridized carbons (Fsp3) is 0.217. The van der Waals surface area contributed by atoms with Crippen molar-refractivity contribution in [3.05, 3.63) is 77.1 Å². The molecule has 0 aromatic heterocycles. The van der Waals surface area contributed by atoms with E-state index in [2.05, 4.69) is 6.58 Å². The van der Waals surface area contributed by atoms with E-state index in [1.54, 1.807) is 0 Å². The highest BCUT2D eigenvalue weighted by Crippen LogP contribution is 2.37. The first-order valence-electron chi connectivity index (χ1n) is 9.81. The van der Waals surface area contributed by atoms with Gasteiger partial charge in [-0.2, -0.15) is 23.7 Å². The normalized spacial score (nSPS) is 17.4. The van der Waals surface area contributed by atoms with Gasteiger partial charge in [-0.05, 0) is 43.2 Å². The predicted octanol–water partition coefficient (Wildman–Crippen LogP) is 3.95. The van der Waals surface area contributed by atoms with Gasteiger partial charge in [-0.3, -0.25) is 15.2 Å². The number of hydrogen-bond donors (Lipinski definition) is 3. The predicted molar refractivity (Wildman–Crippen MR) is 119 cm³/mol. The Kier molecular flexibility index (Phi) is 8.01. The molecule has 0 bridgehead atoms. The lowest BCUT2D eigenvalue weighted by atomic mass is 9.91. The first-order valence-corrected chi connectivity index (χ1v) is 9.81. The van der Waals surface area contributed by atoms with Crippen molar-refractivity contribution >= 4 is 17.7 Å². The van der Waals surface area contributed by atoms with E-state index in [9.17, 15) is 28.3 Å². The number of nitrogens with zero attached hydrogens (tertiary/aromatic N) is 4. The van der Waals surface area contributed by atoms with Crippen LogP contribution in [0.25, 0.3) is 0 Å². The number of nitrogens with two attached hydrogens (primary N) is 1. The summed E-state index contributed by atoms with van der Waals surface area (Å²) in [6.45, 7) is 4.54. The largest absolute Gasteiger partial charge is 0.416 e. The molecule has 0 saturated heterocycles. The molecule has 1 atom stereocenters. The number of benzene rings is 1. The van der Waals surface area contributed by atoms with Crippen LogP contribution >= 0.6 is 0 Å². The number of halogens is 3. The lowest BCUT2D eigenvalue weighted by molar-refractivity contribution is -0.137. The number of carbonyl (C=O) groups is 1. The number of nitriles is 2. The van der Waals surface area contributed by atoms with E-state index in [0.717, 1.165) is 28.0 Å². The Morgan fingerprint density at radius 2 is 2.03 bits per heavy atom. The molecule has 0 fully saturated rings. The van der Waals surface area contributed by atoms with Gasteiger partial charge in [-0.1, -0.05) is 24.8 Å². The SMILES string of the molecule is C=C/C(C#N)=C\C=C(/CCO)[C@@H]1C(C#N)=C(C)N(c2cccc(C(F)(F)F)c2)C(=N)N1C(N)=O. The molecule has 1 heterocycles. The fourth-order valence-electron chi connectivity index (χ4n) is 3.49. The highest BCUT2D eigenvalue weighted by Gasteiger charge is 2.41. The van der Waals surface area contributed by atoms with Crippen LogP contribution in [-0.2, 0) is 6.18 Å². The molecule has 8 nitrogen and oxygen atoms in total. The highest BCUT2D eigenvalue weighted by atomic mass is 19.4. The third-order valence-electron chi connectivity index (χ3n) is 5.06. The van der Waals surface area contributed by atoms with Crippen LogP contribution in [0, 0.1) is 28.1 Å². The van der Waals surface area contributed by atoms with Gasteiger partial charge < -0.3 is 10.8 Å². The Labute approximate surface area is 194 Å². The number of primary amides is 1. The van der Waals surface area contributed by atoms with Crippen molar-refractivity contribution in [2.24, 2.45) is 5.73 Å². The van der Waals surface area contributed by atoms with Crippen molar-refractivity contribution in [2.45, 2.75) is 25.6 Å². The number of hydrogen-bond acceptors (Lipinski definition) is 5. The number of anilines is 1. The van der Waals surface area contributed by atoms with Crippen molar-refractivity contribution in [3.63, 3.8) is 0 Å². The first-order chi connectivity index (χ1) is 16.0. The number of alkyl halides is 3. The van der Waals surface area contributed by atoms with Crippen molar-refractivity contribution in [1.82, 2.24) is 4.90 Å². The molecule has 4 N–H and O–H groups in total. The number of urea groups is 1. The minimum Gasteiger partial charge on any atom is -0.396 e. The Hall–Kier alpha value is -4.35. The maximum absolute atomic E-state index is 13.3. The quantitative estimate of drug-likeness (QED) is 0.426. The van der Waals surface area contributed by atoms with E-state index in [4.69, 9.17) is 16.4 Å². The molecule has 0 saturated carbocycles. The van der Waals surface area contributed by atoms with E-state index >= 15 is 0 Å². The lowest BCUT2D eigenvalue weighted by Gasteiger charge is -2.42. The summed E-state index contributed by atoms with van der Waals surface area (Å²) in [4.78, 5) is 14.2. The summed E-state index contributed by atoms with van der Waals surface area (Å²) in [5.74, 6) is -0.578. The zero-order chi connectivity index (χ0) is 25.6. The van der Waals surface area contributed by atoms with Crippen LogP contribution < -0.4 is 10.6 Å². The zero-order valence-electron chi connectivity index (χ0n) is 18.1. The van der Waals surface area contributed by atoms with Gasteiger partial charge in [-0.15, -0.1) is 0 Å². The Balaban J connectivity index is 2.79. The molecule has 1 aliphatic rings. The highest BCUT2D eigenvalue weighted by molar-refractivity contribution is 6.07. The molecule has 0 aliphatic carbocycles. The minimum atomic E-state index is -4.65. The van der Waals surface area contributed by atoms with Gasteiger partial charge in [0.05, 0.1) is 34.9 Å². The van der Waals surface area contributed by atoms with Crippen LogP contribution in [-0.4, -0.2) is 34.6 Å². The summed E-state index contributed by atoms with van der Waals surface area (Å²) in [6, 6.07) is 5.58. The molecule has 176 valence electrons. The molecule has 1 aliphatic heterocycles.